The van der Waals surface area contributed by atoms with Gasteiger partial charge in [0.25, 0.3) is 0 Å². The lowest BCUT2D eigenvalue weighted by Gasteiger charge is -2.39. The normalized spacial score (nSPS) is 20.8. The molecule has 34 heavy (non-hydrogen) atoms. The molecule has 182 valence electrons. The largest absolute Gasteiger partial charge is 0.490 e. The Morgan fingerprint density at radius 1 is 0.882 bits per heavy atom. The minimum absolute atomic E-state index is 0.00776. The molecule has 2 saturated heterocycles. The highest BCUT2D eigenvalue weighted by atomic mass is 19.1. The number of halogens is 2. The van der Waals surface area contributed by atoms with Crippen LogP contribution < -0.4 is 4.74 Å². The Labute approximate surface area is 198 Å². The standard InChI is InChI=1S/C26H30F2N2O4/c27-21-4-1-19(2-5-21)3-10-25(31)30-12-11-24(34-23-8-6-22(28)7-9-23)20(18-30)17-26(32)29-13-15-33-16-14-29/h1-2,4-9,20,24H,3,10-18H2/t20-,24-/m0/s1. The lowest BCUT2D eigenvalue weighted by atomic mass is 9.90. The first-order chi connectivity index (χ1) is 16.5. The number of amides is 2. The number of hydrogen-bond donors (Lipinski definition) is 0. The van der Waals surface area contributed by atoms with E-state index in [-0.39, 0.29) is 41.9 Å². The van der Waals surface area contributed by atoms with Crippen molar-refractivity contribution >= 4 is 11.8 Å². The van der Waals surface area contributed by atoms with Crippen LogP contribution in [0, 0.1) is 17.6 Å². The van der Waals surface area contributed by atoms with Crippen LogP contribution in [0.2, 0.25) is 0 Å². The molecule has 8 heteroatoms. The van der Waals surface area contributed by atoms with Crippen LogP contribution in [0.5, 0.6) is 5.75 Å². The van der Waals surface area contributed by atoms with Crippen molar-refractivity contribution in [1.82, 2.24) is 9.80 Å². The molecule has 0 saturated carbocycles. The van der Waals surface area contributed by atoms with Crippen LogP contribution in [0.4, 0.5) is 8.78 Å². The monoisotopic (exact) mass is 472 g/mol. The van der Waals surface area contributed by atoms with E-state index in [0.717, 1.165) is 5.56 Å². The van der Waals surface area contributed by atoms with Crippen molar-refractivity contribution in [1.29, 1.82) is 0 Å². The number of piperidine rings is 1. The topological polar surface area (TPSA) is 59.1 Å². The van der Waals surface area contributed by atoms with Crippen molar-refractivity contribution < 1.29 is 27.8 Å². The minimum atomic E-state index is -0.340. The predicted molar refractivity (Wildman–Crippen MR) is 122 cm³/mol. The molecule has 0 spiro atoms. The van der Waals surface area contributed by atoms with Crippen LogP contribution in [0.25, 0.3) is 0 Å². The van der Waals surface area contributed by atoms with Gasteiger partial charge in [-0.2, -0.15) is 0 Å². The summed E-state index contributed by atoms with van der Waals surface area (Å²) in [5, 5.41) is 0. The van der Waals surface area contributed by atoms with E-state index in [2.05, 4.69) is 0 Å². The molecule has 0 bridgehead atoms. The Morgan fingerprint density at radius 3 is 2.21 bits per heavy atom. The molecule has 0 aromatic heterocycles. The summed E-state index contributed by atoms with van der Waals surface area (Å²) >= 11 is 0. The number of nitrogens with zero attached hydrogens (tertiary/aromatic N) is 2. The summed E-state index contributed by atoms with van der Waals surface area (Å²) in [5.74, 6) is -0.232. The highest BCUT2D eigenvalue weighted by molar-refractivity contribution is 5.78. The first kappa shape index (κ1) is 24.1. The Morgan fingerprint density at radius 2 is 1.53 bits per heavy atom. The van der Waals surface area contributed by atoms with Gasteiger partial charge in [0.1, 0.15) is 23.5 Å². The van der Waals surface area contributed by atoms with E-state index in [0.29, 0.717) is 64.4 Å². The highest BCUT2D eigenvalue weighted by Gasteiger charge is 2.35. The van der Waals surface area contributed by atoms with Gasteiger partial charge in [0.2, 0.25) is 11.8 Å². The maximum atomic E-state index is 13.3. The Balaban J connectivity index is 1.40. The number of rotatable bonds is 7. The molecular formula is C26H30F2N2O4. The molecule has 2 atom stereocenters. The van der Waals surface area contributed by atoms with E-state index in [1.165, 1.54) is 24.3 Å². The molecule has 0 aliphatic carbocycles. The molecule has 0 unspecified atom stereocenters. The molecule has 0 radical (unpaired) electrons. The van der Waals surface area contributed by atoms with Gasteiger partial charge in [-0.25, -0.2) is 8.78 Å². The van der Waals surface area contributed by atoms with Crippen LogP contribution in [0.1, 0.15) is 24.8 Å². The second kappa shape index (κ2) is 11.4. The van der Waals surface area contributed by atoms with Gasteiger partial charge in [-0.15, -0.1) is 0 Å². The zero-order chi connectivity index (χ0) is 23.9. The van der Waals surface area contributed by atoms with E-state index in [4.69, 9.17) is 9.47 Å². The Bertz CT molecular complexity index is 962. The van der Waals surface area contributed by atoms with E-state index in [1.807, 2.05) is 0 Å². The van der Waals surface area contributed by atoms with Gasteiger partial charge < -0.3 is 19.3 Å². The third kappa shape index (κ3) is 6.53. The second-order valence-electron chi connectivity index (χ2n) is 8.82. The van der Waals surface area contributed by atoms with Crippen molar-refractivity contribution in [3.05, 3.63) is 65.7 Å². The number of carbonyl (C=O) groups is 2. The maximum Gasteiger partial charge on any atom is 0.223 e. The van der Waals surface area contributed by atoms with Gasteiger partial charge in [-0.1, -0.05) is 12.1 Å². The van der Waals surface area contributed by atoms with E-state index in [1.54, 1.807) is 34.1 Å². The molecule has 4 rings (SSSR count). The summed E-state index contributed by atoms with van der Waals surface area (Å²) in [6.45, 7) is 3.13. The summed E-state index contributed by atoms with van der Waals surface area (Å²) < 4.78 is 37.9. The average molecular weight is 473 g/mol. The molecule has 6 nitrogen and oxygen atoms in total. The van der Waals surface area contributed by atoms with Gasteiger partial charge in [-0.3, -0.25) is 9.59 Å². The summed E-state index contributed by atoms with van der Waals surface area (Å²) in [6.07, 6.45) is 1.45. The van der Waals surface area contributed by atoms with E-state index < -0.39 is 0 Å². The molecule has 2 aromatic rings. The molecule has 2 heterocycles. The lowest BCUT2D eigenvalue weighted by molar-refractivity contribution is -0.141. The number of benzene rings is 2. The smallest absolute Gasteiger partial charge is 0.223 e. The molecular weight excluding hydrogens is 442 g/mol. The van der Waals surface area contributed by atoms with Crippen LogP contribution >= 0.6 is 0 Å². The first-order valence-corrected chi connectivity index (χ1v) is 11.8. The van der Waals surface area contributed by atoms with Gasteiger partial charge in [0, 0.05) is 51.4 Å². The van der Waals surface area contributed by atoms with Crippen molar-refractivity contribution in [2.75, 3.05) is 39.4 Å². The van der Waals surface area contributed by atoms with Crippen LogP contribution in [-0.4, -0.2) is 67.1 Å². The summed E-state index contributed by atoms with van der Waals surface area (Å²) in [6, 6.07) is 12.0. The fourth-order valence-corrected chi connectivity index (χ4v) is 4.50. The second-order valence-corrected chi connectivity index (χ2v) is 8.82. The fraction of sp³-hybridized carbons (Fsp3) is 0.462. The van der Waals surface area contributed by atoms with Crippen molar-refractivity contribution in [3.63, 3.8) is 0 Å². The number of likely N-dealkylation sites (tertiary alicyclic amines) is 1. The Kier molecular flexibility index (Phi) is 8.11. The zero-order valence-electron chi connectivity index (χ0n) is 19.1. The van der Waals surface area contributed by atoms with E-state index in [9.17, 15) is 18.4 Å². The highest BCUT2D eigenvalue weighted by Crippen LogP contribution is 2.27. The lowest BCUT2D eigenvalue weighted by Crippen LogP contribution is -2.50. The van der Waals surface area contributed by atoms with Crippen LogP contribution in [0.3, 0.4) is 0 Å². The van der Waals surface area contributed by atoms with Gasteiger partial charge in [0.15, 0.2) is 0 Å². The average Bonchev–Trinajstić information content (AvgIpc) is 2.86. The van der Waals surface area contributed by atoms with Crippen molar-refractivity contribution in [3.8, 4) is 5.75 Å². The SMILES string of the molecule is O=C(C[C@H]1CN(C(=O)CCc2ccc(F)cc2)CC[C@@H]1Oc1ccc(F)cc1)N1CCOCC1. The first-order valence-electron chi connectivity index (χ1n) is 11.8. The number of ether oxygens (including phenoxy) is 2. The zero-order valence-corrected chi connectivity index (χ0v) is 19.1. The fourth-order valence-electron chi connectivity index (χ4n) is 4.50. The number of morpholine rings is 1. The van der Waals surface area contributed by atoms with E-state index >= 15 is 0 Å². The predicted octanol–water partition coefficient (Wildman–Crippen LogP) is 3.44. The summed E-state index contributed by atoms with van der Waals surface area (Å²) in [7, 11) is 0. The maximum absolute atomic E-state index is 13.3. The Hall–Kier alpha value is -3.00. The minimum Gasteiger partial charge on any atom is -0.490 e. The summed E-state index contributed by atoms with van der Waals surface area (Å²) in [4.78, 5) is 29.5. The number of hydrogen-bond acceptors (Lipinski definition) is 4. The number of aryl methyl sites for hydroxylation is 1. The molecule has 0 N–H and O–H groups in total. The summed E-state index contributed by atoms with van der Waals surface area (Å²) in [5.41, 5.74) is 0.906. The molecule has 2 aliphatic rings. The van der Waals surface area contributed by atoms with Crippen molar-refractivity contribution in [2.45, 2.75) is 31.8 Å². The van der Waals surface area contributed by atoms with Crippen molar-refractivity contribution in [2.24, 2.45) is 5.92 Å². The molecule has 2 amide bonds. The quantitative estimate of drug-likeness (QED) is 0.620. The molecule has 2 aliphatic heterocycles. The van der Waals surface area contributed by atoms with Gasteiger partial charge >= 0.3 is 0 Å². The van der Waals surface area contributed by atoms with Crippen LogP contribution in [-0.2, 0) is 20.7 Å². The van der Waals surface area contributed by atoms with Gasteiger partial charge in [-0.05, 0) is 48.4 Å². The molecule has 2 fully saturated rings. The third-order valence-electron chi connectivity index (χ3n) is 6.46. The van der Waals surface area contributed by atoms with Crippen LogP contribution in [0.15, 0.2) is 48.5 Å². The van der Waals surface area contributed by atoms with Gasteiger partial charge in [0.05, 0.1) is 13.2 Å². The molecule has 2 aromatic carbocycles. The number of carbonyl (C=O) groups excluding carboxylic acids is 2. The third-order valence-corrected chi connectivity index (χ3v) is 6.46.